The second-order valence-corrected chi connectivity index (χ2v) is 10.6. The van der Waals surface area contributed by atoms with E-state index in [1.165, 1.54) is 0 Å². The Morgan fingerprint density at radius 2 is 0.721 bits per heavy atom. The molecule has 0 atom stereocenters. The minimum absolute atomic E-state index is 0. The zero-order valence-electron chi connectivity index (χ0n) is 24.1. The SMILES string of the molecule is CN(C)c1c(N(C)C)c2nc3nc(nc4[n-]c(nc5nc(nc1[n-]2)-c1ccccc1-5)c1ccccc41)-c1ccccc1-3.[Mg+2]. The van der Waals surface area contributed by atoms with Crippen molar-refractivity contribution in [2.24, 2.45) is 0 Å². The van der Waals surface area contributed by atoms with Crippen molar-refractivity contribution < 1.29 is 0 Å². The van der Waals surface area contributed by atoms with Crippen LogP contribution in [0.3, 0.4) is 0 Å². The molecule has 3 aromatic carbocycles. The number of hydrogen-bond donors (Lipinski definition) is 0. The van der Waals surface area contributed by atoms with E-state index in [0.717, 1.165) is 44.4 Å². The quantitative estimate of drug-likeness (QED) is 0.270. The normalized spacial score (nSPS) is 11.5. The average molecular weight is 573 g/mol. The molecule has 204 valence electrons. The molecule has 0 fully saturated rings. The molecule has 3 aromatic heterocycles. The summed E-state index contributed by atoms with van der Waals surface area (Å²) in [6.45, 7) is 0. The molecule has 0 saturated carbocycles. The maximum Gasteiger partial charge on any atom is 2.00 e. The molecule has 5 heterocycles. The molecule has 8 bridgehead atoms. The average Bonchev–Trinajstić information content (AvgIpc) is 3.72. The summed E-state index contributed by atoms with van der Waals surface area (Å²) in [6, 6.07) is 23.9. The number of aromatic nitrogens is 8. The molecule has 0 radical (unpaired) electrons. The summed E-state index contributed by atoms with van der Waals surface area (Å²) in [5.41, 5.74) is 7.33. The molecule has 0 N–H and O–H groups in total. The van der Waals surface area contributed by atoms with Gasteiger partial charge in [0.2, 0.25) is 0 Å². The van der Waals surface area contributed by atoms with Crippen molar-refractivity contribution in [3.63, 3.8) is 0 Å². The molecule has 0 unspecified atom stereocenters. The van der Waals surface area contributed by atoms with Crippen LogP contribution >= 0.6 is 0 Å². The Labute approximate surface area is 263 Å². The van der Waals surface area contributed by atoms with Gasteiger partial charge in [0.15, 0.2) is 0 Å². The van der Waals surface area contributed by atoms with E-state index in [1.54, 1.807) is 0 Å². The summed E-state index contributed by atoms with van der Waals surface area (Å²) in [4.78, 5) is 43.6. The molecule has 0 spiro atoms. The zero-order chi connectivity index (χ0) is 28.5. The Kier molecular flexibility index (Phi) is 6.36. The van der Waals surface area contributed by atoms with Crippen LogP contribution in [0.4, 0.5) is 11.4 Å². The number of hydrogen-bond acceptors (Lipinski definition) is 8. The van der Waals surface area contributed by atoms with Gasteiger partial charge in [-0.05, 0) is 10.8 Å². The van der Waals surface area contributed by atoms with Crippen molar-refractivity contribution in [1.29, 1.82) is 0 Å². The van der Waals surface area contributed by atoms with Crippen LogP contribution in [-0.2, 0) is 0 Å². The first kappa shape index (κ1) is 27.0. The summed E-state index contributed by atoms with van der Waals surface area (Å²) in [7, 11) is 7.90. The molecule has 2 aliphatic rings. The fraction of sp³-hybridized carbons (Fsp3) is 0.125. The Balaban J connectivity index is 0.00000300. The first-order chi connectivity index (χ1) is 20.5. The molecule has 43 heavy (non-hydrogen) atoms. The first-order valence-electron chi connectivity index (χ1n) is 13.5. The van der Waals surface area contributed by atoms with Gasteiger partial charge in [0, 0.05) is 73.0 Å². The second kappa shape index (κ2) is 10.1. The van der Waals surface area contributed by atoms with Crippen molar-refractivity contribution in [2.75, 3.05) is 38.0 Å². The van der Waals surface area contributed by atoms with Crippen molar-refractivity contribution in [3.05, 3.63) is 72.8 Å². The molecule has 0 aliphatic carbocycles. The molecule has 2 aliphatic heterocycles. The molecular formula is C32H24MgN10. The standard InChI is InChI=1S/C32H24N10.Mg/c1-41(2)23-24(42(3)4)32-39-30-22-16-10-8-14-20(22)28(37-30)35-26-18-12-6-5-11-17(18)25(33-26)34-27-19-13-7-9-15-21(19)29(36-27)38-31(23)40-32;/h5-16H,1-4H3;/q-2;+2. The van der Waals surface area contributed by atoms with E-state index in [0.29, 0.717) is 45.9 Å². The third-order valence-electron chi connectivity index (χ3n) is 7.46. The fourth-order valence-electron chi connectivity index (χ4n) is 5.59. The van der Waals surface area contributed by atoms with E-state index in [1.807, 2.05) is 111 Å². The van der Waals surface area contributed by atoms with Crippen LogP contribution < -0.4 is 19.8 Å². The zero-order valence-corrected chi connectivity index (χ0v) is 25.5. The molecule has 10 nitrogen and oxygen atoms in total. The predicted octanol–water partition coefficient (Wildman–Crippen LogP) is 4.73. The molecule has 0 amide bonds. The molecule has 6 aromatic rings. The number of nitrogens with zero attached hydrogens (tertiary/aromatic N) is 10. The molecular weight excluding hydrogens is 549 g/mol. The van der Waals surface area contributed by atoms with Crippen LogP contribution in [0.1, 0.15) is 0 Å². The van der Waals surface area contributed by atoms with E-state index >= 15 is 0 Å². The van der Waals surface area contributed by atoms with Gasteiger partial charge < -0.3 is 39.7 Å². The van der Waals surface area contributed by atoms with Crippen LogP contribution in [0.25, 0.3) is 78.9 Å². The van der Waals surface area contributed by atoms with Crippen molar-refractivity contribution in [1.82, 2.24) is 39.9 Å². The summed E-state index contributed by atoms with van der Waals surface area (Å²) in [5.74, 6) is 2.16. The smallest absolute Gasteiger partial charge is 0.375 e. The summed E-state index contributed by atoms with van der Waals surface area (Å²) in [6.07, 6.45) is 0. The van der Waals surface area contributed by atoms with Gasteiger partial charge in [-0.25, -0.2) is 9.97 Å². The van der Waals surface area contributed by atoms with Gasteiger partial charge in [-0.2, -0.15) is 0 Å². The fourth-order valence-corrected chi connectivity index (χ4v) is 5.59. The Bertz CT molecular complexity index is 2080. The van der Waals surface area contributed by atoms with E-state index < -0.39 is 0 Å². The Morgan fingerprint density at radius 3 is 1.07 bits per heavy atom. The number of benzene rings is 3. The van der Waals surface area contributed by atoms with Crippen LogP contribution in [0.5, 0.6) is 0 Å². The van der Waals surface area contributed by atoms with E-state index in [9.17, 15) is 0 Å². The van der Waals surface area contributed by atoms with Crippen LogP contribution in [-0.4, -0.2) is 81.1 Å². The molecule has 8 rings (SSSR count). The van der Waals surface area contributed by atoms with Gasteiger partial charge in [0.05, 0.1) is 34.7 Å². The van der Waals surface area contributed by atoms with E-state index in [2.05, 4.69) is 0 Å². The molecule has 0 saturated heterocycles. The maximum atomic E-state index is 5.02. The minimum Gasteiger partial charge on any atom is -0.375 e. The van der Waals surface area contributed by atoms with Gasteiger partial charge >= 0.3 is 23.1 Å². The van der Waals surface area contributed by atoms with Gasteiger partial charge in [-0.3, -0.25) is 0 Å². The van der Waals surface area contributed by atoms with E-state index in [4.69, 9.17) is 39.9 Å². The van der Waals surface area contributed by atoms with Gasteiger partial charge in [-0.1, -0.05) is 72.8 Å². The number of rotatable bonds is 2. The maximum absolute atomic E-state index is 5.02. The Morgan fingerprint density at radius 1 is 0.419 bits per heavy atom. The number of anilines is 2. The third-order valence-corrected chi connectivity index (χ3v) is 7.46. The van der Waals surface area contributed by atoms with Crippen LogP contribution in [0.15, 0.2) is 72.8 Å². The largest absolute Gasteiger partial charge is 2.00 e. The van der Waals surface area contributed by atoms with E-state index in [-0.39, 0.29) is 23.1 Å². The van der Waals surface area contributed by atoms with Crippen LogP contribution in [0.2, 0.25) is 0 Å². The van der Waals surface area contributed by atoms with Gasteiger partial charge in [0.1, 0.15) is 0 Å². The first-order valence-corrected chi connectivity index (χ1v) is 13.5. The van der Waals surface area contributed by atoms with Crippen molar-refractivity contribution in [2.45, 2.75) is 0 Å². The predicted molar refractivity (Wildman–Crippen MR) is 171 cm³/mol. The van der Waals surface area contributed by atoms with Gasteiger partial charge in [0.25, 0.3) is 0 Å². The van der Waals surface area contributed by atoms with Crippen LogP contribution in [0, 0.1) is 0 Å². The monoisotopic (exact) mass is 572 g/mol. The third kappa shape index (κ3) is 4.22. The Hall–Kier alpha value is -4.87. The second-order valence-electron chi connectivity index (χ2n) is 10.6. The topological polar surface area (TPSA) is 112 Å². The minimum atomic E-state index is 0. The van der Waals surface area contributed by atoms with Gasteiger partial charge in [-0.15, -0.1) is 0 Å². The summed E-state index contributed by atoms with van der Waals surface area (Å²) in [5, 5.41) is 1.78. The van der Waals surface area contributed by atoms with Crippen molar-refractivity contribution in [3.8, 4) is 45.6 Å². The molecule has 11 heteroatoms. The summed E-state index contributed by atoms with van der Waals surface area (Å²) < 4.78 is 0. The summed E-state index contributed by atoms with van der Waals surface area (Å²) >= 11 is 0. The number of fused-ring (bicyclic) bond motifs is 17. The van der Waals surface area contributed by atoms with Crippen molar-refractivity contribution >= 4 is 67.8 Å².